The molecule has 0 N–H and O–H groups in total. The highest BCUT2D eigenvalue weighted by Gasteiger charge is 2.53. The van der Waals surface area contributed by atoms with E-state index in [0.717, 1.165) is 6.42 Å². The summed E-state index contributed by atoms with van der Waals surface area (Å²) in [7, 11) is 0. The first-order valence-electron chi connectivity index (χ1n) is 5.13. The van der Waals surface area contributed by atoms with Crippen molar-refractivity contribution in [2.45, 2.75) is 52.1 Å². The van der Waals surface area contributed by atoms with Crippen LogP contribution in [0.2, 0.25) is 0 Å². The standard InChI is InChI=1S/C10H20O3/c1-5-10(11-6-2,12-7-3)9-8(4)13-9/h8-9H,5-7H2,1-4H3. The normalized spacial score (nSPS) is 27.7. The van der Waals surface area contributed by atoms with Crippen LogP contribution in [-0.2, 0) is 14.2 Å². The highest BCUT2D eigenvalue weighted by Crippen LogP contribution is 2.38. The van der Waals surface area contributed by atoms with Gasteiger partial charge in [-0.15, -0.1) is 0 Å². The molecule has 0 aromatic heterocycles. The Kier molecular flexibility index (Phi) is 3.71. The number of ether oxygens (including phenoxy) is 3. The molecule has 0 amide bonds. The van der Waals surface area contributed by atoms with E-state index in [-0.39, 0.29) is 12.2 Å². The first-order chi connectivity index (χ1) is 6.20. The molecule has 0 aromatic rings. The Morgan fingerprint density at radius 2 is 1.62 bits per heavy atom. The summed E-state index contributed by atoms with van der Waals surface area (Å²) in [6, 6.07) is 0. The Morgan fingerprint density at radius 3 is 1.85 bits per heavy atom. The smallest absolute Gasteiger partial charge is 0.196 e. The van der Waals surface area contributed by atoms with E-state index in [1.54, 1.807) is 0 Å². The summed E-state index contributed by atoms with van der Waals surface area (Å²) in [5, 5.41) is 0. The van der Waals surface area contributed by atoms with Gasteiger partial charge in [-0.05, 0) is 20.8 Å². The van der Waals surface area contributed by atoms with Crippen molar-refractivity contribution in [3.63, 3.8) is 0 Å². The molecule has 1 aliphatic rings. The van der Waals surface area contributed by atoms with Gasteiger partial charge in [0.2, 0.25) is 0 Å². The Bertz CT molecular complexity index is 152. The molecule has 3 heteroatoms. The van der Waals surface area contributed by atoms with Crippen LogP contribution in [0.15, 0.2) is 0 Å². The number of epoxide rings is 1. The third kappa shape index (κ3) is 2.22. The summed E-state index contributed by atoms with van der Waals surface area (Å²) in [4.78, 5) is 0. The minimum atomic E-state index is -0.497. The minimum absolute atomic E-state index is 0.123. The molecule has 1 fully saturated rings. The number of hydrogen-bond acceptors (Lipinski definition) is 3. The molecule has 0 bridgehead atoms. The average molecular weight is 188 g/mol. The maximum absolute atomic E-state index is 5.67. The summed E-state index contributed by atoms with van der Waals surface area (Å²) in [5.41, 5.74) is 0. The van der Waals surface area contributed by atoms with E-state index < -0.39 is 5.79 Å². The van der Waals surface area contributed by atoms with Crippen LogP contribution in [0, 0.1) is 0 Å². The van der Waals surface area contributed by atoms with Crippen molar-refractivity contribution < 1.29 is 14.2 Å². The van der Waals surface area contributed by atoms with Gasteiger partial charge in [0.15, 0.2) is 5.79 Å². The van der Waals surface area contributed by atoms with Gasteiger partial charge < -0.3 is 14.2 Å². The second-order valence-corrected chi connectivity index (χ2v) is 3.29. The van der Waals surface area contributed by atoms with Crippen LogP contribution < -0.4 is 0 Å². The van der Waals surface area contributed by atoms with Crippen molar-refractivity contribution in [1.29, 1.82) is 0 Å². The Balaban J connectivity index is 2.58. The summed E-state index contributed by atoms with van der Waals surface area (Å²) in [6.07, 6.45) is 1.24. The van der Waals surface area contributed by atoms with Gasteiger partial charge in [-0.3, -0.25) is 0 Å². The van der Waals surface area contributed by atoms with Crippen molar-refractivity contribution in [1.82, 2.24) is 0 Å². The Labute approximate surface area is 80.4 Å². The lowest BCUT2D eigenvalue weighted by Gasteiger charge is -2.30. The lowest BCUT2D eigenvalue weighted by atomic mass is 10.1. The van der Waals surface area contributed by atoms with E-state index in [9.17, 15) is 0 Å². The molecule has 78 valence electrons. The molecule has 1 heterocycles. The van der Waals surface area contributed by atoms with Crippen LogP contribution in [0.25, 0.3) is 0 Å². The van der Waals surface area contributed by atoms with Gasteiger partial charge in [-0.1, -0.05) is 6.92 Å². The zero-order valence-corrected chi connectivity index (χ0v) is 9.00. The van der Waals surface area contributed by atoms with Gasteiger partial charge in [0.25, 0.3) is 0 Å². The first-order valence-corrected chi connectivity index (χ1v) is 5.13. The van der Waals surface area contributed by atoms with Crippen LogP contribution >= 0.6 is 0 Å². The predicted octanol–water partition coefficient (Wildman–Crippen LogP) is 1.95. The van der Waals surface area contributed by atoms with E-state index >= 15 is 0 Å². The Morgan fingerprint density at radius 1 is 1.15 bits per heavy atom. The lowest BCUT2D eigenvalue weighted by Crippen LogP contribution is -2.42. The first kappa shape index (κ1) is 11.0. The minimum Gasteiger partial charge on any atom is -0.364 e. The van der Waals surface area contributed by atoms with Crippen molar-refractivity contribution in [2.75, 3.05) is 13.2 Å². The van der Waals surface area contributed by atoms with Crippen LogP contribution in [0.4, 0.5) is 0 Å². The van der Waals surface area contributed by atoms with Gasteiger partial charge in [-0.2, -0.15) is 0 Å². The predicted molar refractivity (Wildman–Crippen MR) is 50.6 cm³/mol. The van der Waals surface area contributed by atoms with Crippen molar-refractivity contribution in [3.05, 3.63) is 0 Å². The van der Waals surface area contributed by atoms with E-state index in [0.29, 0.717) is 13.2 Å². The monoisotopic (exact) mass is 188 g/mol. The molecule has 0 saturated carbocycles. The largest absolute Gasteiger partial charge is 0.364 e. The number of rotatable bonds is 6. The molecule has 0 aromatic carbocycles. The summed E-state index contributed by atoms with van der Waals surface area (Å²) >= 11 is 0. The topological polar surface area (TPSA) is 31.0 Å². The summed E-state index contributed by atoms with van der Waals surface area (Å²) < 4.78 is 16.8. The zero-order chi connectivity index (χ0) is 9.90. The molecule has 2 atom stereocenters. The highest BCUT2D eigenvalue weighted by atomic mass is 16.7. The number of hydrogen-bond donors (Lipinski definition) is 0. The van der Waals surface area contributed by atoms with Gasteiger partial charge in [-0.25, -0.2) is 0 Å². The van der Waals surface area contributed by atoms with Crippen LogP contribution in [0.3, 0.4) is 0 Å². The molecule has 1 aliphatic heterocycles. The summed E-state index contributed by atoms with van der Waals surface area (Å²) in [6.45, 7) is 9.42. The van der Waals surface area contributed by atoms with Crippen LogP contribution in [0.1, 0.15) is 34.1 Å². The Hall–Kier alpha value is -0.120. The van der Waals surface area contributed by atoms with Gasteiger partial charge >= 0.3 is 0 Å². The summed E-state index contributed by atoms with van der Waals surface area (Å²) in [5.74, 6) is -0.497. The van der Waals surface area contributed by atoms with Crippen LogP contribution in [0.5, 0.6) is 0 Å². The second kappa shape index (κ2) is 4.40. The third-order valence-electron chi connectivity index (χ3n) is 2.41. The highest BCUT2D eigenvalue weighted by molar-refractivity contribution is 4.94. The quantitative estimate of drug-likeness (QED) is 0.471. The van der Waals surface area contributed by atoms with Crippen molar-refractivity contribution >= 4 is 0 Å². The molecule has 13 heavy (non-hydrogen) atoms. The zero-order valence-electron chi connectivity index (χ0n) is 9.00. The molecular weight excluding hydrogens is 168 g/mol. The van der Waals surface area contributed by atoms with E-state index in [2.05, 4.69) is 6.92 Å². The molecule has 0 spiro atoms. The molecule has 3 nitrogen and oxygen atoms in total. The van der Waals surface area contributed by atoms with Crippen LogP contribution in [-0.4, -0.2) is 31.2 Å². The fourth-order valence-electron chi connectivity index (χ4n) is 1.75. The average Bonchev–Trinajstić information content (AvgIpc) is 2.83. The van der Waals surface area contributed by atoms with Crippen molar-refractivity contribution in [2.24, 2.45) is 0 Å². The van der Waals surface area contributed by atoms with E-state index in [4.69, 9.17) is 14.2 Å². The maximum Gasteiger partial charge on any atom is 0.196 e. The molecule has 2 unspecified atom stereocenters. The fourth-order valence-corrected chi connectivity index (χ4v) is 1.75. The van der Waals surface area contributed by atoms with Crippen molar-refractivity contribution in [3.8, 4) is 0 Å². The van der Waals surface area contributed by atoms with Gasteiger partial charge in [0.1, 0.15) is 6.10 Å². The molecular formula is C10H20O3. The van der Waals surface area contributed by atoms with E-state index in [1.165, 1.54) is 0 Å². The fraction of sp³-hybridized carbons (Fsp3) is 1.00. The molecule has 0 radical (unpaired) electrons. The third-order valence-corrected chi connectivity index (χ3v) is 2.41. The van der Waals surface area contributed by atoms with Gasteiger partial charge in [0, 0.05) is 19.6 Å². The second-order valence-electron chi connectivity index (χ2n) is 3.29. The molecule has 1 rings (SSSR count). The molecule has 0 aliphatic carbocycles. The lowest BCUT2D eigenvalue weighted by molar-refractivity contribution is -0.245. The molecule has 1 saturated heterocycles. The SMILES string of the molecule is CCOC(CC)(OCC)C1OC1C. The maximum atomic E-state index is 5.67. The van der Waals surface area contributed by atoms with Gasteiger partial charge in [0.05, 0.1) is 6.10 Å². The van der Waals surface area contributed by atoms with E-state index in [1.807, 2.05) is 20.8 Å².